The highest BCUT2D eigenvalue weighted by Gasteiger charge is 2.30. The number of nitrogens with one attached hydrogen (secondary N) is 1. The van der Waals surface area contributed by atoms with E-state index in [1.165, 1.54) is 0 Å². The Balaban J connectivity index is 2.09. The highest BCUT2D eigenvalue weighted by atomic mass is 16.5. The normalized spacial score (nSPS) is 27.4. The third-order valence-corrected chi connectivity index (χ3v) is 2.20. The van der Waals surface area contributed by atoms with Crippen LogP contribution in [0, 0.1) is 0 Å². The summed E-state index contributed by atoms with van der Waals surface area (Å²) in [7, 11) is 0. The Morgan fingerprint density at radius 1 is 1.54 bits per heavy atom. The fraction of sp³-hybridized carbons (Fsp3) is 0.600. The van der Waals surface area contributed by atoms with Crippen molar-refractivity contribution >= 4 is 0 Å². The quantitative estimate of drug-likeness (QED) is 0.716. The van der Waals surface area contributed by atoms with Crippen LogP contribution in [0.5, 0.6) is 0 Å². The maximum atomic E-state index is 5.86. The molecule has 0 saturated carbocycles. The van der Waals surface area contributed by atoms with Crippen molar-refractivity contribution in [2.45, 2.75) is 25.6 Å². The average molecular weight is 181 g/mol. The first-order valence-corrected chi connectivity index (χ1v) is 4.59. The summed E-state index contributed by atoms with van der Waals surface area (Å²) in [6.07, 6.45) is 1.74. The molecule has 72 valence electrons. The summed E-state index contributed by atoms with van der Waals surface area (Å²) in [6.45, 7) is 5.88. The summed E-state index contributed by atoms with van der Waals surface area (Å²) >= 11 is 0. The minimum atomic E-state index is -0.101. The molecule has 1 N–H and O–H groups in total. The summed E-state index contributed by atoms with van der Waals surface area (Å²) < 4.78 is 11.2. The molecular formula is C10H15NO2. The van der Waals surface area contributed by atoms with Crippen molar-refractivity contribution in [2.24, 2.45) is 0 Å². The van der Waals surface area contributed by atoms with E-state index in [-0.39, 0.29) is 11.7 Å². The Hall–Kier alpha value is -0.800. The molecule has 1 atom stereocenters. The summed E-state index contributed by atoms with van der Waals surface area (Å²) in [4.78, 5) is 0. The van der Waals surface area contributed by atoms with Crippen molar-refractivity contribution in [1.29, 1.82) is 0 Å². The Labute approximate surface area is 78.1 Å². The van der Waals surface area contributed by atoms with Gasteiger partial charge in [-0.25, -0.2) is 0 Å². The Morgan fingerprint density at radius 2 is 2.38 bits per heavy atom. The van der Waals surface area contributed by atoms with Crippen LogP contribution in [0.25, 0.3) is 0 Å². The third kappa shape index (κ3) is 1.92. The van der Waals surface area contributed by atoms with E-state index in [4.69, 9.17) is 9.15 Å². The second-order valence-corrected chi connectivity index (χ2v) is 4.01. The van der Waals surface area contributed by atoms with E-state index in [0.29, 0.717) is 0 Å². The van der Waals surface area contributed by atoms with Crippen molar-refractivity contribution in [2.75, 3.05) is 13.1 Å². The number of rotatable bonds is 1. The molecule has 1 aliphatic heterocycles. The SMILES string of the molecule is CC1(C)CNCC(c2ccco2)O1. The van der Waals surface area contributed by atoms with Gasteiger partial charge < -0.3 is 14.5 Å². The molecule has 1 fully saturated rings. The zero-order chi connectivity index (χ0) is 9.31. The fourth-order valence-electron chi connectivity index (χ4n) is 1.61. The molecule has 2 heterocycles. The van der Waals surface area contributed by atoms with Gasteiger partial charge in [0.1, 0.15) is 11.9 Å². The van der Waals surface area contributed by atoms with Gasteiger partial charge >= 0.3 is 0 Å². The number of hydrogen-bond acceptors (Lipinski definition) is 3. The number of ether oxygens (including phenoxy) is 1. The Morgan fingerprint density at radius 3 is 3.00 bits per heavy atom. The molecule has 1 aromatic rings. The molecule has 0 aliphatic carbocycles. The van der Waals surface area contributed by atoms with Gasteiger partial charge in [0.2, 0.25) is 0 Å². The largest absolute Gasteiger partial charge is 0.467 e. The van der Waals surface area contributed by atoms with Crippen molar-refractivity contribution < 1.29 is 9.15 Å². The van der Waals surface area contributed by atoms with E-state index in [2.05, 4.69) is 19.2 Å². The van der Waals surface area contributed by atoms with E-state index in [1.807, 2.05) is 12.1 Å². The van der Waals surface area contributed by atoms with Crippen LogP contribution in [0.15, 0.2) is 22.8 Å². The summed E-state index contributed by atoms with van der Waals surface area (Å²) in [5, 5.41) is 3.33. The molecule has 0 amide bonds. The summed E-state index contributed by atoms with van der Waals surface area (Å²) in [5.41, 5.74) is -0.101. The number of morpholine rings is 1. The monoisotopic (exact) mass is 181 g/mol. The summed E-state index contributed by atoms with van der Waals surface area (Å²) in [5.74, 6) is 0.903. The van der Waals surface area contributed by atoms with Gasteiger partial charge in [0.15, 0.2) is 0 Å². The third-order valence-electron chi connectivity index (χ3n) is 2.20. The van der Waals surface area contributed by atoms with Crippen LogP contribution in [-0.4, -0.2) is 18.7 Å². The second kappa shape index (κ2) is 3.16. The molecule has 1 unspecified atom stereocenters. The minimum Gasteiger partial charge on any atom is -0.467 e. The van der Waals surface area contributed by atoms with Gasteiger partial charge in [-0.3, -0.25) is 0 Å². The smallest absolute Gasteiger partial charge is 0.133 e. The second-order valence-electron chi connectivity index (χ2n) is 4.01. The van der Waals surface area contributed by atoms with Gasteiger partial charge in [0.05, 0.1) is 11.9 Å². The number of furan rings is 1. The molecule has 0 aromatic carbocycles. The van der Waals surface area contributed by atoms with Gasteiger partial charge in [0.25, 0.3) is 0 Å². The predicted octanol–water partition coefficient (Wildman–Crippen LogP) is 1.72. The lowest BCUT2D eigenvalue weighted by molar-refractivity contribution is -0.103. The van der Waals surface area contributed by atoms with Gasteiger partial charge in [-0.05, 0) is 26.0 Å². The first kappa shape index (κ1) is 8.78. The van der Waals surface area contributed by atoms with E-state index in [0.717, 1.165) is 18.8 Å². The topological polar surface area (TPSA) is 34.4 Å². The van der Waals surface area contributed by atoms with Crippen LogP contribution in [0.2, 0.25) is 0 Å². The van der Waals surface area contributed by atoms with E-state index in [1.54, 1.807) is 6.26 Å². The Bertz CT molecular complexity index is 266. The lowest BCUT2D eigenvalue weighted by Crippen LogP contribution is -2.46. The molecule has 0 radical (unpaired) electrons. The zero-order valence-electron chi connectivity index (χ0n) is 8.04. The number of hydrogen-bond donors (Lipinski definition) is 1. The lowest BCUT2D eigenvalue weighted by Gasteiger charge is -2.35. The van der Waals surface area contributed by atoms with Crippen LogP contribution < -0.4 is 5.32 Å². The van der Waals surface area contributed by atoms with Crippen molar-refractivity contribution in [1.82, 2.24) is 5.32 Å². The maximum absolute atomic E-state index is 5.86. The van der Waals surface area contributed by atoms with Crippen LogP contribution >= 0.6 is 0 Å². The van der Waals surface area contributed by atoms with E-state index >= 15 is 0 Å². The zero-order valence-corrected chi connectivity index (χ0v) is 8.04. The molecule has 0 spiro atoms. The molecule has 0 bridgehead atoms. The lowest BCUT2D eigenvalue weighted by atomic mass is 10.1. The average Bonchev–Trinajstić information content (AvgIpc) is 2.53. The van der Waals surface area contributed by atoms with Crippen molar-refractivity contribution in [3.8, 4) is 0 Å². The fourth-order valence-corrected chi connectivity index (χ4v) is 1.61. The van der Waals surface area contributed by atoms with Crippen LogP contribution in [0.4, 0.5) is 0 Å². The van der Waals surface area contributed by atoms with E-state index in [9.17, 15) is 0 Å². The molecule has 1 aromatic heterocycles. The van der Waals surface area contributed by atoms with Crippen LogP contribution in [0.3, 0.4) is 0 Å². The standard InChI is InChI=1S/C10H15NO2/c1-10(2)7-11-6-9(13-10)8-4-3-5-12-8/h3-5,9,11H,6-7H2,1-2H3. The Kier molecular flexibility index (Phi) is 2.14. The van der Waals surface area contributed by atoms with Gasteiger partial charge in [-0.15, -0.1) is 0 Å². The molecular weight excluding hydrogens is 166 g/mol. The van der Waals surface area contributed by atoms with Crippen LogP contribution in [0.1, 0.15) is 25.7 Å². The molecule has 1 saturated heterocycles. The summed E-state index contributed by atoms with van der Waals surface area (Å²) in [6, 6.07) is 3.84. The molecule has 13 heavy (non-hydrogen) atoms. The van der Waals surface area contributed by atoms with E-state index < -0.39 is 0 Å². The molecule has 1 aliphatic rings. The minimum absolute atomic E-state index is 0.0544. The van der Waals surface area contributed by atoms with Crippen LogP contribution in [-0.2, 0) is 4.74 Å². The van der Waals surface area contributed by atoms with Crippen molar-refractivity contribution in [3.63, 3.8) is 0 Å². The van der Waals surface area contributed by atoms with Gasteiger partial charge in [0, 0.05) is 13.1 Å². The van der Waals surface area contributed by atoms with Gasteiger partial charge in [-0.2, -0.15) is 0 Å². The van der Waals surface area contributed by atoms with Gasteiger partial charge in [-0.1, -0.05) is 0 Å². The molecule has 3 nitrogen and oxygen atoms in total. The van der Waals surface area contributed by atoms with Crippen molar-refractivity contribution in [3.05, 3.63) is 24.2 Å². The molecule has 3 heteroatoms. The first-order valence-electron chi connectivity index (χ1n) is 4.59. The predicted molar refractivity (Wildman–Crippen MR) is 49.5 cm³/mol. The first-order chi connectivity index (χ1) is 6.17. The highest BCUT2D eigenvalue weighted by molar-refractivity contribution is 5.04. The maximum Gasteiger partial charge on any atom is 0.133 e. The molecule has 2 rings (SSSR count). The highest BCUT2D eigenvalue weighted by Crippen LogP contribution is 2.26.